The summed E-state index contributed by atoms with van der Waals surface area (Å²) >= 11 is 2.10. The van der Waals surface area contributed by atoms with Crippen LogP contribution in [0.25, 0.3) is 0 Å². The smallest absolute Gasteiger partial charge is 0.270 e. The van der Waals surface area contributed by atoms with Crippen molar-refractivity contribution >= 4 is 17.7 Å². The fraction of sp³-hybridized carbons (Fsp3) is 0.522. The van der Waals surface area contributed by atoms with E-state index in [0.29, 0.717) is 17.5 Å². The zero-order chi connectivity index (χ0) is 19.1. The van der Waals surface area contributed by atoms with E-state index in [0.717, 1.165) is 25.7 Å². The molecule has 3 saturated heterocycles. The quantitative estimate of drug-likeness (QED) is 0.855. The third kappa shape index (κ3) is 3.18. The van der Waals surface area contributed by atoms with Gasteiger partial charge in [0.25, 0.3) is 5.91 Å². The van der Waals surface area contributed by atoms with Crippen molar-refractivity contribution in [3.63, 3.8) is 0 Å². The number of nitrogens with one attached hydrogen (secondary N) is 1. The number of likely N-dealkylation sites (tertiary alicyclic amines) is 2. The average Bonchev–Trinajstić information content (AvgIpc) is 3.45. The number of aryl methyl sites for hydroxylation is 1. The Balaban J connectivity index is 1.44. The Labute approximate surface area is 171 Å². The molecular weight excluding hydrogens is 366 g/mol. The molecule has 4 heterocycles. The minimum absolute atomic E-state index is 0.147. The number of carbonyl (C=O) groups is 1. The predicted molar refractivity (Wildman–Crippen MR) is 115 cm³/mol. The average molecular weight is 396 g/mol. The molecule has 1 aromatic carbocycles. The number of amides is 1. The Morgan fingerprint density at radius 1 is 1.07 bits per heavy atom. The molecule has 3 fully saturated rings. The van der Waals surface area contributed by atoms with Crippen LogP contribution >= 0.6 is 11.8 Å². The van der Waals surface area contributed by atoms with Crippen LogP contribution in [0.3, 0.4) is 0 Å². The van der Waals surface area contributed by atoms with Crippen LogP contribution in [-0.2, 0) is 0 Å². The number of H-pyrrole nitrogens is 1. The van der Waals surface area contributed by atoms with Crippen LogP contribution in [0, 0.1) is 18.8 Å². The second kappa shape index (κ2) is 7.60. The molecule has 3 aliphatic rings. The SMILES string of the molecule is Cc1ccccc1[C@@H]1[C@H]2CN(C3CCSCC3)C[C@H]2CN1C(=O)c1ccc[nH]1. The summed E-state index contributed by atoms with van der Waals surface area (Å²) in [6, 6.07) is 13.4. The summed E-state index contributed by atoms with van der Waals surface area (Å²) in [5.74, 6) is 3.87. The standard InChI is InChI=1S/C23H29N3OS/c1-16-5-2-3-6-19(16)22-20-15-25(18-8-11-28-12-9-18)13-17(20)14-26(22)23(27)21-7-4-10-24-21/h2-7,10,17-18,20,22,24H,8-9,11-15H2,1H3/t17-,20-,22+/m0/s1. The number of fused-ring (bicyclic) bond motifs is 1. The number of thioether (sulfide) groups is 1. The summed E-state index contributed by atoms with van der Waals surface area (Å²) in [6.45, 7) is 5.34. The Morgan fingerprint density at radius 2 is 1.89 bits per heavy atom. The van der Waals surface area contributed by atoms with Gasteiger partial charge in [-0.1, -0.05) is 24.3 Å². The molecule has 0 radical (unpaired) electrons. The zero-order valence-electron chi connectivity index (χ0n) is 16.5. The molecule has 0 spiro atoms. The van der Waals surface area contributed by atoms with E-state index in [4.69, 9.17) is 0 Å². The third-order valence-corrected chi connectivity index (χ3v) is 8.04. The Hall–Kier alpha value is -1.72. The molecule has 3 aliphatic heterocycles. The second-order valence-corrected chi connectivity index (χ2v) is 9.79. The molecule has 5 heteroatoms. The van der Waals surface area contributed by atoms with E-state index in [1.165, 1.54) is 35.5 Å². The number of carbonyl (C=O) groups excluding carboxylic acids is 1. The molecule has 28 heavy (non-hydrogen) atoms. The number of aromatic nitrogens is 1. The fourth-order valence-electron chi connectivity index (χ4n) is 5.57. The van der Waals surface area contributed by atoms with Gasteiger partial charge in [-0.3, -0.25) is 9.69 Å². The van der Waals surface area contributed by atoms with Crippen LogP contribution in [-0.4, -0.2) is 57.9 Å². The van der Waals surface area contributed by atoms with Crippen LogP contribution in [0.2, 0.25) is 0 Å². The van der Waals surface area contributed by atoms with E-state index in [9.17, 15) is 4.79 Å². The van der Waals surface area contributed by atoms with Gasteiger partial charge in [0.05, 0.1) is 6.04 Å². The maximum atomic E-state index is 13.3. The molecule has 1 amide bonds. The maximum absolute atomic E-state index is 13.3. The van der Waals surface area contributed by atoms with Gasteiger partial charge in [-0.2, -0.15) is 11.8 Å². The van der Waals surface area contributed by atoms with Gasteiger partial charge in [0.15, 0.2) is 0 Å². The summed E-state index contributed by atoms with van der Waals surface area (Å²) in [6.07, 6.45) is 4.49. The van der Waals surface area contributed by atoms with Crippen LogP contribution in [0.15, 0.2) is 42.6 Å². The van der Waals surface area contributed by atoms with Crippen LogP contribution in [0.5, 0.6) is 0 Å². The fourth-order valence-corrected chi connectivity index (χ4v) is 6.65. The lowest BCUT2D eigenvalue weighted by Gasteiger charge is -2.34. The molecular formula is C23H29N3OS. The number of rotatable bonds is 3. The molecule has 3 atom stereocenters. The van der Waals surface area contributed by atoms with Gasteiger partial charge in [0.2, 0.25) is 0 Å². The van der Waals surface area contributed by atoms with Crippen LogP contribution in [0.4, 0.5) is 0 Å². The lowest BCUT2D eigenvalue weighted by Crippen LogP contribution is -2.40. The van der Waals surface area contributed by atoms with Crippen molar-refractivity contribution in [1.82, 2.24) is 14.8 Å². The minimum atomic E-state index is 0.147. The first-order valence-corrected chi connectivity index (χ1v) is 11.7. The van der Waals surface area contributed by atoms with Gasteiger partial charge in [-0.25, -0.2) is 0 Å². The molecule has 5 rings (SSSR count). The molecule has 1 aromatic heterocycles. The summed E-state index contributed by atoms with van der Waals surface area (Å²) in [4.78, 5) is 21.3. The van der Waals surface area contributed by atoms with Crippen molar-refractivity contribution in [2.45, 2.75) is 31.8 Å². The number of hydrogen-bond donors (Lipinski definition) is 1. The minimum Gasteiger partial charge on any atom is -0.357 e. The van der Waals surface area contributed by atoms with Crippen molar-refractivity contribution in [3.8, 4) is 0 Å². The monoisotopic (exact) mass is 395 g/mol. The van der Waals surface area contributed by atoms with Crippen LogP contribution < -0.4 is 0 Å². The Bertz CT molecular complexity index is 830. The van der Waals surface area contributed by atoms with Crippen molar-refractivity contribution in [2.75, 3.05) is 31.1 Å². The van der Waals surface area contributed by atoms with E-state index >= 15 is 0 Å². The molecule has 148 valence electrons. The Kier molecular flexibility index (Phi) is 4.97. The number of nitrogens with zero attached hydrogens (tertiary/aromatic N) is 2. The van der Waals surface area contributed by atoms with Crippen molar-refractivity contribution in [2.24, 2.45) is 11.8 Å². The van der Waals surface area contributed by atoms with Crippen LogP contribution in [0.1, 0.15) is 40.5 Å². The molecule has 2 aromatic rings. The van der Waals surface area contributed by atoms with Gasteiger partial charge in [-0.05, 0) is 60.4 Å². The zero-order valence-corrected chi connectivity index (χ0v) is 17.3. The third-order valence-electron chi connectivity index (χ3n) is 7.00. The van der Waals surface area contributed by atoms with Gasteiger partial charge in [-0.15, -0.1) is 0 Å². The molecule has 0 saturated carbocycles. The first-order chi connectivity index (χ1) is 13.7. The highest BCUT2D eigenvalue weighted by Crippen LogP contribution is 2.47. The largest absolute Gasteiger partial charge is 0.357 e. The summed E-state index contributed by atoms with van der Waals surface area (Å²) in [7, 11) is 0. The lowest BCUT2D eigenvalue weighted by atomic mass is 9.87. The van der Waals surface area contributed by atoms with E-state index in [1.54, 1.807) is 0 Å². The molecule has 0 unspecified atom stereocenters. The first kappa shape index (κ1) is 18.3. The summed E-state index contributed by atoms with van der Waals surface area (Å²) in [5.41, 5.74) is 3.33. The number of hydrogen-bond acceptors (Lipinski definition) is 3. The van der Waals surface area contributed by atoms with Crippen molar-refractivity contribution in [1.29, 1.82) is 0 Å². The number of aromatic amines is 1. The van der Waals surface area contributed by atoms with E-state index in [-0.39, 0.29) is 11.9 Å². The van der Waals surface area contributed by atoms with Gasteiger partial charge < -0.3 is 9.88 Å². The molecule has 0 aliphatic carbocycles. The number of benzene rings is 1. The highest BCUT2D eigenvalue weighted by atomic mass is 32.2. The molecule has 1 N–H and O–H groups in total. The maximum Gasteiger partial charge on any atom is 0.270 e. The van der Waals surface area contributed by atoms with Crippen molar-refractivity contribution < 1.29 is 4.79 Å². The summed E-state index contributed by atoms with van der Waals surface area (Å²) < 4.78 is 0. The highest BCUT2D eigenvalue weighted by molar-refractivity contribution is 7.99. The molecule has 4 nitrogen and oxygen atoms in total. The van der Waals surface area contributed by atoms with Gasteiger partial charge >= 0.3 is 0 Å². The van der Waals surface area contributed by atoms with E-state index < -0.39 is 0 Å². The highest BCUT2D eigenvalue weighted by Gasteiger charge is 2.50. The second-order valence-electron chi connectivity index (χ2n) is 8.56. The van der Waals surface area contributed by atoms with Gasteiger partial charge in [0, 0.05) is 37.8 Å². The molecule has 0 bridgehead atoms. The van der Waals surface area contributed by atoms with Gasteiger partial charge in [0.1, 0.15) is 5.69 Å². The topological polar surface area (TPSA) is 39.3 Å². The van der Waals surface area contributed by atoms with E-state index in [2.05, 4.69) is 57.7 Å². The summed E-state index contributed by atoms with van der Waals surface area (Å²) in [5, 5.41) is 0. The van der Waals surface area contributed by atoms with Crippen molar-refractivity contribution in [3.05, 3.63) is 59.4 Å². The predicted octanol–water partition coefficient (Wildman–Crippen LogP) is 3.96. The van der Waals surface area contributed by atoms with E-state index in [1.807, 2.05) is 18.3 Å². The first-order valence-electron chi connectivity index (χ1n) is 10.5. The lowest BCUT2D eigenvalue weighted by molar-refractivity contribution is 0.0686. The normalized spacial score (nSPS) is 28.6. The Morgan fingerprint density at radius 3 is 2.64 bits per heavy atom.